The molecule has 0 aliphatic heterocycles. The van der Waals surface area contributed by atoms with Crippen LogP contribution in [-0.4, -0.2) is 10.8 Å². The third-order valence-electron chi connectivity index (χ3n) is 3.10. The van der Waals surface area contributed by atoms with Gasteiger partial charge in [-0.3, -0.25) is 14.9 Å². The van der Waals surface area contributed by atoms with E-state index in [1.165, 1.54) is 6.07 Å². The Labute approximate surface area is 135 Å². The van der Waals surface area contributed by atoms with Gasteiger partial charge in [-0.15, -0.1) is 0 Å². The molecule has 21 heavy (non-hydrogen) atoms. The van der Waals surface area contributed by atoms with Gasteiger partial charge in [-0.1, -0.05) is 12.1 Å². The van der Waals surface area contributed by atoms with Crippen LogP contribution < -0.4 is 5.32 Å². The summed E-state index contributed by atoms with van der Waals surface area (Å²) in [5, 5.41) is 13.7. The lowest BCUT2D eigenvalue weighted by molar-refractivity contribution is -0.385. The summed E-state index contributed by atoms with van der Waals surface area (Å²) in [6.07, 6.45) is 0. The van der Waals surface area contributed by atoms with E-state index in [1.807, 2.05) is 19.1 Å². The van der Waals surface area contributed by atoms with E-state index in [2.05, 4.69) is 27.9 Å². The third-order valence-corrected chi connectivity index (χ3v) is 4.26. The van der Waals surface area contributed by atoms with Crippen LogP contribution in [0.3, 0.4) is 0 Å². The number of nitrogens with zero attached hydrogens (tertiary/aromatic N) is 1. The summed E-state index contributed by atoms with van der Waals surface area (Å²) >= 11 is 2.19. The third kappa shape index (κ3) is 3.57. The topological polar surface area (TPSA) is 72.2 Å². The van der Waals surface area contributed by atoms with Gasteiger partial charge >= 0.3 is 0 Å². The predicted molar refractivity (Wildman–Crippen MR) is 89.7 cm³/mol. The fourth-order valence-electron chi connectivity index (χ4n) is 1.82. The van der Waals surface area contributed by atoms with Crippen molar-refractivity contribution in [1.82, 2.24) is 0 Å². The molecule has 0 heterocycles. The van der Waals surface area contributed by atoms with Crippen LogP contribution in [-0.2, 0) is 0 Å². The van der Waals surface area contributed by atoms with Crippen molar-refractivity contribution in [2.75, 3.05) is 5.32 Å². The molecule has 2 aromatic carbocycles. The van der Waals surface area contributed by atoms with Crippen LogP contribution in [0.25, 0.3) is 0 Å². The molecule has 0 aromatic heterocycles. The number of carbonyl (C=O) groups excluding carboxylic acids is 1. The van der Waals surface area contributed by atoms with Crippen molar-refractivity contribution < 1.29 is 9.72 Å². The van der Waals surface area contributed by atoms with Crippen LogP contribution in [0.2, 0.25) is 0 Å². The van der Waals surface area contributed by atoms with Crippen molar-refractivity contribution in [3.8, 4) is 0 Å². The summed E-state index contributed by atoms with van der Waals surface area (Å²) in [7, 11) is 0. The molecule has 1 amide bonds. The lowest BCUT2D eigenvalue weighted by atomic mass is 10.1. The van der Waals surface area contributed by atoms with Crippen LogP contribution in [0, 0.1) is 27.5 Å². The number of rotatable bonds is 3. The van der Waals surface area contributed by atoms with Gasteiger partial charge in [-0.05, 0) is 60.2 Å². The Morgan fingerprint density at radius 2 is 1.81 bits per heavy atom. The first-order valence-corrected chi connectivity index (χ1v) is 7.29. The Bertz CT molecular complexity index is 729. The first-order valence-electron chi connectivity index (χ1n) is 6.21. The standard InChI is InChI=1S/C15H13IN2O3/c1-9-4-6-12(8-13(9)16)17-15(19)11-5-3-10(2)14(7-11)18(20)21/h3-8H,1-2H3,(H,17,19). The predicted octanol–water partition coefficient (Wildman–Crippen LogP) is 4.07. The van der Waals surface area contributed by atoms with Crippen molar-refractivity contribution in [3.63, 3.8) is 0 Å². The van der Waals surface area contributed by atoms with Crippen molar-refractivity contribution in [3.05, 3.63) is 66.8 Å². The molecule has 0 saturated heterocycles. The molecule has 2 aromatic rings. The fourth-order valence-corrected chi connectivity index (χ4v) is 2.34. The second kappa shape index (κ2) is 6.21. The number of benzene rings is 2. The first-order chi connectivity index (χ1) is 9.88. The van der Waals surface area contributed by atoms with Gasteiger partial charge in [-0.2, -0.15) is 0 Å². The smallest absolute Gasteiger partial charge is 0.273 e. The minimum absolute atomic E-state index is 0.0545. The average molecular weight is 396 g/mol. The number of nitro groups is 1. The van der Waals surface area contributed by atoms with Crippen LogP contribution in [0.1, 0.15) is 21.5 Å². The van der Waals surface area contributed by atoms with Crippen molar-refractivity contribution in [2.45, 2.75) is 13.8 Å². The zero-order valence-electron chi connectivity index (χ0n) is 11.5. The van der Waals surface area contributed by atoms with Gasteiger partial charge in [0.1, 0.15) is 0 Å². The highest BCUT2D eigenvalue weighted by Gasteiger charge is 2.15. The second-order valence-electron chi connectivity index (χ2n) is 4.68. The molecule has 0 radical (unpaired) electrons. The fraction of sp³-hybridized carbons (Fsp3) is 0.133. The summed E-state index contributed by atoms with van der Waals surface area (Å²) in [4.78, 5) is 22.6. The summed E-state index contributed by atoms with van der Waals surface area (Å²) in [6, 6.07) is 10.0. The highest BCUT2D eigenvalue weighted by Crippen LogP contribution is 2.21. The van der Waals surface area contributed by atoms with Gasteiger partial charge in [-0.25, -0.2) is 0 Å². The zero-order chi connectivity index (χ0) is 15.6. The number of halogens is 1. The molecule has 0 atom stereocenters. The monoisotopic (exact) mass is 396 g/mol. The molecule has 0 saturated carbocycles. The highest BCUT2D eigenvalue weighted by molar-refractivity contribution is 14.1. The Balaban J connectivity index is 2.26. The molecule has 1 N–H and O–H groups in total. The molecule has 0 aliphatic rings. The van der Waals surface area contributed by atoms with Crippen LogP contribution in [0.15, 0.2) is 36.4 Å². The quantitative estimate of drug-likeness (QED) is 0.483. The van der Waals surface area contributed by atoms with Gasteiger partial charge in [0.25, 0.3) is 11.6 Å². The van der Waals surface area contributed by atoms with Crippen molar-refractivity contribution >= 4 is 39.9 Å². The maximum atomic E-state index is 12.2. The molecule has 0 fully saturated rings. The van der Waals surface area contributed by atoms with Gasteiger partial charge in [0.05, 0.1) is 4.92 Å². The molecular weight excluding hydrogens is 383 g/mol. The maximum absolute atomic E-state index is 12.2. The number of aryl methyl sites for hydroxylation is 2. The summed E-state index contributed by atoms with van der Waals surface area (Å²) in [6.45, 7) is 3.62. The molecular formula is C15H13IN2O3. The van der Waals surface area contributed by atoms with Crippen molar-refractivity contribution in [1.29, 1.82) is 0 Å². The van der Waals surface area contributed by atoms with Crippen LogP contribution in [0.4, 0.5) is 11.4 Å². The van der Waals surface area contributed by atoms with E-state index in [0.717, 1.165) is 9.13 Å². The van der Waals surface area contributed by atoms with Crippen molar-refractivity contribution in [2.24, 2.45) is 0 Å². The van der Waals surface area contributed by atoms with Gasteiger partial charge < -0.3 is 5.32 Å². The Morgan fingerprint density at radius 1 is 1.14 bits per heavy atom. The average Bonchev–Trinajstić information content (AvgIpc) is 2.43. The Hall–Kier alpha value is -1.96. The Morgan fingerprint density at radius 3 is 2.43 bits per heavy atom. The molecule has 5 nitrogen and oxygen atoms in total. The van der Waals surface area contributed by atoms with E-state index in [1.54, 1.807) is 25.1 Å². The lowest BCUT2D eigenvalue weighted by Gasteiger charge is -2.07. The zero-order valence-corrected chi connectivity index (χ0v) is 13.7. The van der Waals surface area contributed by atoms with Crippen LogP contribution in [0.5, 0.6) is 0 Å². The molecule has 6 heteroatoms. The molecule has 0 unspecified atom stereocenters. The normalized spacial score (nSPS) is 10.2. The SMILES string of the molecule is Cc1ccc(NC(=O)c2ccc(C)c([N+](=O)[O-])c2)cc1I. The van der Waals surface area contributed by atoms with Gasteiger partial charge in [0, 0.05) is 26.5 Å². The largest absolute Gasteiger partial charge is 0.322 e. The molecule has 2 rings (SSSR count). The van der Waals surface area contributed by atoms with Gasteiger partial charge in [0.15, 0.2) is 0 Å². The number of amides is 1. The molecule has 108 valence electrons. The summed E-state index contributed by atoms with van der Waals surface area (Å²) in [5.74, 6) is -0.363. The second-order valence-corrected chi connectivity index (χ2v) is 5.84. The van der Waals surface area contributed by atoms with Crippen LogP contribution >= 0.6 is 22.6 Å². The van der Waals surface area contributed by atoms with E-state index in [4.69, 9.17) is 0 Å². The van der Waals surface area contributed by atoms with E-state index < -0.39 is 4.92 Å². The highest BCUT2D eigenvalue weighted by atomic mass is 127. The number of nitrogens with one attached hydrogen (secondary N) is 1. The van der Waals surface area contributed by atoms with E-state index in [-0.39, 0.29) is 17.2 Å². The number of nitro benzene ring substituents is 1. The van der Waals surface area contributed by atoms with E-state index in [9.17, 15) is 14.9 Å². The molecule has 0 spiro atoms. The summed E-state index contributed by atoms with van der Waals surface area (Å²) < 4.78 is 1.04. The minimum Gasteiger partial charge on any atom is -0.322 e. The molecule has 0 bridgehead atoms. The first kappa shape index (κ1) is 15.4. The maximum Gasteiger partial charge on any atom is 0.273 e. The Kier molecular flexibility index (Phi) is 4.56. The minimum atomic E-state index is -0.485. The lowest BCUT2D eigenvalue weighted by Crippen LogP contribution is -2.12. The van der Waals surface area contributed by atoms with E-state index >= 15 is 0 Å². The number of hydrogen-bond donors (Lipinski definition) is 1. The number of hydrogen-bond acceptors (Lipinski definition) is 3. The van der Waals surface area contributed by atoms with E-state index in [0.29, 0.717) is 11.3 Å². The summed E-state index contributed by atoms with van der Waals surface area (Å²) in [5.41, 5.74) is 2.53. The molecule has 0 aliphatic carbocycles. The number of carbonyl (C=O) groups is 1. The van der Waals surface area contributed by atoms with Gasteiger partial charge in [0.2, 0.25) is 0 Å². The number of anilines is 1.